The lowest BCUT2D eigenvalue weighted by Crippen LogP contribution is -2.56. The Hall–Kier alpha value is -3.14. The molecule has 1 aromatic rings. The van der Waals surface area contributed by atoms with Crippen molar-refractivity contribution in [2.24, 2.45) is 5.92 Å². The van der Waals surface area contributed by atoms with Crippen molar-refractivity contribution in [2.75, 3.05) is 0 Å². The minimum absolute atomic E-state index is 0.0580. The summed E-state index contributed by atoms with van der Waals surface area (Å²) in [6.07, 6.45) is -2.33. The molecule has 1 aromatic carbocycles. The molecule has 0 aromatic heterocycles. The molecule has 1 heterocycles. The monoisotopic (exact) mass is 421 g/mol. The number of ether oxygens (including phenoxy) is 2. The van der Waals surface area contributed by atoms with Gasteiger partial charge in [-0.25, -0.2) is 4.79 Å². The van der Waals surface area contributed by atoms with Crippen LogP contribution in [0.1, 0.15) is 32.8 Å². The Bertz CT molecular complexity index is 769. The average molecular weight is 421 g/mol. The Labute approximate surface area is 174 Å². The number of aliphatic hydroxyl groups excluding tert-OH is 1. The maximum absolute atomic E-state index is 12.6. The van der Waals surface area contributed by atoms with Crippen molar-refractivity contribution in [3.8, 4) is 0 Å². The van der Waals surface area contributed by atoms with Crippen molar-refractivity contribution < 1.29 is 33.8 Å². The summed E-state index contributed by atoms with van der Waals surface area (Å²) >= 11 is 0. The van der Waals surface area contributed by atoms with Gasteiger partial charge in [-0.2, -0.15) is 0 Å². The van der Waals surface area contributed by atoms with Crippen molar-refractivity contribution in [3.05, 3.63) is 35.9 Å². The van der Waals surface area contributed by atoms with E-state index in [0.717, 1.165) is 5.56 Å². The van der Waals surface area contributed by atoms with Crippen LogP contribution in [0.25, 0.3) is 0 Å². The SMILES string of the molecule is CC(C)[C@H](NC(=O)OCc1ccccc1)C(=O)N[C@@H](C)C(=O)N[C@H]1CC(=O)OC1O. The zero-order valence-corrected chi connectivity index (χ0v) is 17.1. The highest BCUT2D eigenvalue weighted by Gasteiger charge is 2.36. The Kier molecular flexibility index (Phi) is 8.16. The highest BCUT2D eigenvalue weighted by molar-refractivity contribution is 5.91. The number of benzene rings is 1. The van der Waals surface area contributed by atoms with E-state index < -0.39 is 48.3 Å². The molecule has 0 saturated carbocycles. The lowest BCUT2D eigenvalue weighted by atomic mass is 10.0. The molecule has 0 radical (unpaired) electrons. The van der Waals surface area contributed by atoms with Gasteiger partial charge < -0.3 is 30.5 Å². The number of carbonyl (C=O) groups is 4. The third-order valence-corrected chi connectivity index (χ3v) is 4.50. The maximum Gasteiger partial charge on any atom is 0.408 e. The molecule has 0 bridgehead atoms. The second kappa shape index (κ2) is 10.6. The van der Waals surface area contributed by atoms with Gasteiger partial charge in [0.1, 0.15) is 24.7 Å². The van der Waals surface area contributed by atoms with Crippen molar-refractivity contribution in [1.82, 2.24) is 16.0 Å². The third kappa shape index (κ3) is 6.73. The number of carbonyl (C=O) groups excluding carboxylic acids is 4. The Morgan fingerprint density at radius 3 is 2.37 bits per heavy atom. The number of alkyl carbamates (subject to hydrolysis) is 1. The summed E-state index contributed by atoms with van der Waals surface area (Å²) in [4.78, 5) is 48.1. The van der Waals surface area contributed by atoms with Crippen LogP contribution in [0.4, 0.5) is 4.79 Å². The number of rotatable bonds is 8. The van der Waals surface area contributed by atoms with Crippen LogP contribution < -0.4 is 16.0 Å². The second-order valence-electron chi connectivity index (χ2n) is 7.36. The van der Waals surface area contributed by atoms with Gasteiger partial charge in [0, 0.05) is 0 Å². The fourth-order valence-corrected chi connectivity index (χ4v) is 2.77. The standard InChI is InChI=1S/C20H27N3O7/c1-11(2)16(23-20(28)29-10-13-7-5-4-6-8-13)18(26)21-12(3)17(25)22-14-9-15(24)30-19(14)27/h4-8,11-12,14,16,19,27H,9-10H2,1-3H3,(H,21,26)(H,22,25)(H,23,28)/t12-,14-,16-,19?/m0/s1. The van der Waals surface area contributed by atoms with E-state index >= 15 is 0 Å². The van der Waals surface area contributed by atoms with Crippen molar-refractivity contribution in [1.29, 1.82) is 0 Å². The number of hydrogen-bond acceptors (Lipinski definition) is 7. The topological polar surface area (TPSA) is 143 Å². The van der Waals surface area contributed by atoms with Gasteiger partial charge in [0.15, 0.2) is 0 Å². The van der Waals surface area contributed by atoms with Gasteiger partial charge in [0.2, 0.25) is 18.1 Å². The molecular formula is C20H27N3O7. The van der Waals surface area contributed by atoms with Gasteiger partial charge in [-0.15, -0.1) is 0 Å². The van der Waals surface area contributed by atoms with E-state index in [0.29, 0.717) is 0 Å². The van der Waals surface area contributed by atoms with Crippen molar-refractivity contribution >= 4 is 23.9 Å². The summed E-state index contributed by atoms with van der Waals surface area (Å²) < 4.78 is 9.70. The predicted octanol–water partition coefficient (Wildman–Crippen LogP) is 0.192. The molecule has 1 saturated heterocycles. The second-order valence-corrected chi connectivity index (χ2v) is 7.36. The molecule has 4 N–H and O–H groups in total. The Morgan fingerprint density at radius 2 is 1.80 bits per heavy atom. The van der Waals surface area contributed by atoms with Crippen LogP contribution >= 0.6 is 0 Å². The summed E-state index contributed by atoms with van der Waals surface area (Å²) in [6.45, 7) is 4.99. The van der Waals surface area contributed by atoms with Gasteiger partial charge >= 0.3 is 12.1 Å². The normalized spacial score (nSPS) is 20.1. The van der Waals surface area contributed by atoms with E-state index in [9.17, 15) is 24.3 Å². The zero-order chi connectivity index (χ0) is 22.3. The zero-order valence-electron chi connectivity index (χ0n) is 17.1. The number of aliphatic hydroxyl groups is 1. The summed E-state index contributed by atoms with van der Waals surface area (Å²) in [5.74, 6) is -2.06. The molecule has 1 unspecified atom stereocenters. The summed E-state index contributed by atoms with van der Waals surface area (Å²) in [7, 11) is 0. The van der Waals surface area contributed by atoms with E-state index in [4.69, 9.17) is 4.74 Å². The minimum atomic E-state index is -1.42. The molecule has 10 nitrogen and oxygen atoms in total. The highest BCUT2D eigenvalue weighted by Crippen LogP contribution is 2.12. The number of nitrogens with one attached hydrogen (secondary N) is 3. The predicted molar refractivity (Wildman–Crippen MR) is 105 cm³/mol. The van der Waals surface area contributed by atoms with Crippen LogP contribution in [-0.4, -0.2) is 53.4 Å². The average Bonchev–Trinajstić information content (AvgIpc) is 3.01. The van der Waals surface area contributed by atoms with Crippen LogP contribution in [-0.2, 0) is 30.5 Å². The molecule has 1 fully saturated rings. The molecule has 30 heavy (non-hydrogen) atoms. The first kappa shape index (κ1) is 23.1. The molecule has 4 atom stereocenters. The third-order valence-electron chi connectivity index (χ3n) is 4.50. The molecule has 0 spiro atoms. The number of amides is 3. The molecule has 1 aliphatic rings. The van der Waals surface area contributed by atoms with Gasteiger partial charge in [0.05, 0.1) is 6.42 Å². The molecule has 0 aliphatic carbocycles. The van der Waals surface area contributed by atoms with Gasteiger partial charge in [-0.05, 0) is 18.4 Å². The number of hydrogen-bond donors (Lipinski definition) is 4. The van der Waals surface area contributed by atoms with Crippen molar-refractivity contribution in [3.63, 3.8) is 0 Å². The van der Waals surface area contributed by atoms with E-state index in [1.165, 1.54) is 6.92 Å². The fraction of sp³-hybridized carbons (Fsp3) is 0.500. The quantitative estimate of drug-likeness (QED) is 0.439. The van der Waals surface area contributed by atoms with Crippen LogP contribution in [0.5, 0.6) is 0 Å². The Morgan fingerprint density at radius 1 is 1.13 bits per heavy atom. The lowest BCUT2D eigenvalue weighted by molar-refractivity contribution is -0.155. The van der Waals surface area contributed by atoms with E-state index in [1.807, 2.05) is 18.2 Å². The number of esters is 1. The van der Waals surface area contributed by atoms with Gasteiger partial charge in [0.25, 0.3) is 0 Å². The van der Waals surface area contributed by atoms with E-state index in [-0.39, 0.29) is 18.9 Å². The van der Waals surface area contributed by atoms with E-state index in [2.05, 4.69) is 20.7 Å². The van der Waals surface area contributed by atoms with Crippen LogP contribution in [0.15, 0.2) is 30.3 Å². The summed E-state index contributed by atoms with van der Waals surface area (Å²) in [6, 6.07) is 6.32. The molecule has 164 valence electrons. The van der Waals surface area contributed by atoms with Gasteiger partial charge in [-0.3, -0.25) is 14.4 Å². The molecule has 10 heteroatoms. The first-order valence-corrected chi connectivity index (χ1v) is 9.63. The summed E-state index contributed by atoms with van der Waals surface area (Å²) in [5, 5.41) is 17.0. The smallest absolute Gasteiger partial charge is 0.408 e. The van der Waals surface area contributed by atoms with Crippen LogP contribution in [0, 0.1) is 5.92 Å². The summed E-state index contributed by atoms with van der Waals surface area (Å²) in [5.41, 5.74) is 0.806. The molecule has 2 rings (SSSR count). The molecule has 3 amide bonds. The number of cyclic esters (lactones) is 1. The maximum atomic E-state index is 12.6. The first-order chi connectivity index (χ1) is 14.2. The molecular weight excluding hydrogens is 394 g/mol. The molecule has 1 aliphatic heterocycles. The minimum Gasteiger partial charge on any atom is -0.445 e. The first-order valence-electron chi connectivity index (χ1n) is 9.63. The largest absolute Gasteiger partial charge is 0.445 e. The van der Waals surface area contributed by atoms with Gasteiger partial charge in [-0.1, -0.05) is 44.2 Å². The lowest BCUT2D eigenvalue weighted by Gasteiger charge is -2.24. The highest BCUT2D eigenvalue weighted by atomic mass is 16.6. The van der Waals surface area contributed by atoms with E-state index in [1.54, 1.807) is 26.0 Å². The van der Waals surface area contributed by atoms with Crippen LogP contribution in [0.2, 0.25) is 0 Å². The van der Waals surface area contributed by atoms with Crippen molar-refractivity contribution in [2.45, 2.75) is 58.2 Å². The van der Waals surface area contributed by atoms with Crippen LogP contribution in [0.3, 0.4) is 0 Å². The fourth-order valence-electron chi connectivity index (χ4n) is 2.77. The Balaban J connectivity index is 1.85.